The Balaban J connectivity index is 1.95. The molecule has 2 aliphatic rings. The van der Waals surface area contributed by atoms with E-state index in [9.17, 15) is 4.79 Å². The van der Waals surface area contributed by atoms with Crippen LogP contribution in [0.5, 0.6) is 0 Å². The topological polar surface area (TPSA) is 26.3 Å². The molecule has 2 nitrogen and oxygen atoms in total. The smallest absolute Gasteiger partial charge is 0.314 e. The van der Waals surface area contributed by atoms with Crippen molar-refractivity contribution in [2.45, 2.75) is 32.6 Å². The molecule has 0 heterocycles. The fourth-order valence-corrected chi connectivity index (χ4v) is 2.78. The lowest BCUT2D eigenvalue weighted by Gasteiger charge is -2.19. The van der Waals surface area contributed by atoms with Crippen LogP contribution in [0.2, 0.25) is 0 Å². The van der Waals surface area contributed by atoms with Crippen LogP contribution in [0.3, 0.4) is 0 Å². The van der Waals surface area contributed by atoms with Crippen molar-refractivity contribution >= 4 is 5.97 Å². The Morgan fingerprint density at radius 3 is 2.62 bits per heavy atom. The van der Waals surface area contributed by atoms with E-state index >= 15 is 0 Å². The first-order chi connectivity index (χ1) is 6.16. The fourth-order valence-electron chi connectivity index (χ4n) is 2.78. The van der Waals surface area contributed by atoms with Gasteiger partial charge in [-0.2, -0.15) is 0 Å². The van der Waals surface area contributed by atoms with Crippen LogP contribution in [0.15, 0.2) is 12.3 Å². The third kappa shape index (κ3) is 1.62. The molecule has 0 N–H and O–H groups in total. The predicted octanol–water partition coefficient (Wildman–Crippen LogP) is 2.50. The molecule has 2 saturated carbocycles. The highest BCUT2D eigenvalue weighted by Crippen LogP contribution is 2.48. The van der Waals surface area contributed by atoms with E-state index in [-0.39, 0.29) is 11.9 Å². The largest absolute Gasteiger partial charge is 0.432 e. The molecule has 0 radical (unpaired) electrons. The average Bonchev–Trinajstić information content (AvgIpc) is 2.62. The highest BCUT2D eigenvalue weighted by atomic mass is 16.5. The van der Waals surface area contributed by atoms with Gasteiger partial charge in [0, 0.05) is 0 Å². The maximum absolute atomic E-state index is 11.6. The molecule has 2 aliphatic carbocycles. The number of ether oxygens (including phenoxy) is 1. The molecule has 0 saturated heterocycles. The van der Waals surface area contributed by atoms with E-state index in [0.29, 0.717) is 11.7 Å². The molecular weight excluding hydrogens is 164 g/mol. The average molecular weight is 180 g/mol. The van der Waals surface area contributed by atoms with Crippen molar-refractivity contribution in [3.63, 3.8) is 0 Å². The van der Waals surface area contributed by atoms with Gasteiger partial charge in [-0.15, -0.1) is 0 Å². The lowest BCUT2D eigenvalue weighted by molar-refractivity contribution is -0.145. The molecule has 2 bridgehead atoms. The molecule has 0 spiro atoms. The van der Waals surface area contributed by atoms with Gasteiger partial charge in [0.2, 0.25) is 0 Å². The summed E-state index contributed by atoms with van der Waals surface area (Å²) in [6, 6.07) is 0. The maximum Gasteiger partial charge on any atom is 0.314 e. The van der Waals surface area contributed by atoms with E-state index in [4.69, 9.17) is 4.74 Å². The van der Waals surface area contributed by atoms with Crippen LogP contribution < -0.4 is 0 Å². The Kier molecular flexibility index (Phi) is 2.14. The minimum atomic E-state index is -0.0419. The highest BCUT2D eigenvalue weighted by Gasteiger charge is 2.43. The number of esters is 1. The Labute approximate surface area is 79.0 Å². The number of allylic oxidation sites excluding steroid dienone is 1. The van der Waals surface area contributed by atoms with Gasteiger partial charge < -0.3 is 4.74 Å². The van der Waals surface area contributed by atoms with Crippen molar-refractivity contribution in [3.8, 4) is 0 Å². The molecular formula is C11H16O2. The molecule has 0 aromatic heterocycles. The summed E-state index contributed by atoms with van der Waals surface area (Å²) in [6.45, 7) is 5.31. The Morgan fingerprint density at radius 2 is 2.15 bits per heavy atom. The lowest BCUT2D eigenvalue weighted by atomic mass is 9.89. The Morgan fingerprint density at radius 1 is 1.38 bits per heavy atom. The number of hydrogen-bond acceptors (Lipinski definition) is 2. The Bertz CT molecular complexity index is 244. The summed E-state index contributed by atoms with van der Waals surface area (Å²) in [5.41, 5.74) is 0. The van der Waals surface area contributed by atoms with Crippen molar-refractivity contribution in [1.82, 2.24) is 0 Å². The van der Waals surface area contributed by atoms with E-state index in [1.807, 2.05) is 0 Å². The molecule has 13 heavy (non-hydrogen) atoms. The minimum absolute atomic E-state index is 0.0419. The second kappa shape index (κ2) is 3.17. The Hall–Kier alpha value is -0.790. The van der Waals surface area contributed by atoms with Gasteiger partial charge in [-0.05, 0) is 38.0 Å². The third-order valence-electron chi connectivity index (χ3n) is 3.32. The number of carbonyl (C=O) groups is 1. The normalized spacial score (nSPS) is 36.2. The van der Waals surface area contributed by atoms with Gasteiger partial charge in [-0.1, -0.05) is 13.0 Å². The van der Waals surface area contributed by atoms with Crippen LogP contribution in [-0.2, 0) is 9.53 Å². The summed E-state index contributed by atoms with van der Waals surface area (Å²) >= 11 is 0. The zero-order valence-electron chi connectivity index (χ0n) is 8.08. The number of rotatable bonds is 2. The standard InChI is InChI=1S/C11H16O2/c1-7(2)13-11(12)10-6-8-3-4-9(10)5-8/h8-10H,1,3-6H2,2H3. The van der Waals surface area contributed by atoms with Crippen LogP contribution in [-0.4, -0.2) is 5.97 Å². The SMILES string of the molecule is C=C(C)OC(=O)C1CC2CCC1C2. The number of fused-ring (bicyclic) bond motifs is 2. The second-order valence-corrected chi connectivity index (χ2v) is 4.40. The van der Waals surface area contributed by atoms with Gasteiger partial charge in [0.25, 0.3) is 0 Å². The molecule has 0 aromatic carbocycles. The van der Waals surface area contributed by atoms with Crippen molar-refractivity contribution in [2.24, 2.45) is 17.8 Å². The molecule has 2 fully saturated rings. The molecule has 2 rings (SSSR count). The zero-order valence-corrected chi connectivity index (χ0v) is 8.08. The van der Waals surface area contributed by atoms with Crippen molar-refractivity contribution in [2.75, 3.05) is 0 Å². The van der Waals surface area contributed by atoms with Crippen LogP contribution in [0, 0.1) is 17.8 Å². The van der Waals surface area contributed by atoms with Gasteiger partial charge in [0.15, 0.2) is 0 Å². The van der Waals surface area contributed by atoms with E-state index in [2.05, 4.69) is 6.58 Å². The van der Waals surface area contributed by atoms with E-state index in [0.717, 1.165) is 12.3 Å². The van der Waals surface area contributed by atoms with Crippen LogP contribution in [0.25, 0.3) is 0 Å². The summed E-state index contributed by atoms with van der Waals surface area (Å²) in [4.78, 5) is 11.6. The second-order valence-electron chi connectivity index (χ2n) is 4.40. The number of carbonyl (C=O) groups excluding carboxylic acids is 1. The van der Waals surface area contributed by atoms with Gasteiger partial charge in [-0.25, -0.2) is 0 Å². The predicted molar refractivity (Wildman–Crippen MR) is 49.8 cm³/mol. The summed E-state index contributed by atoms with van der Waals surface area (Å²) in [7, 11) is 0. The first-order valence-corrected chi connectivity index (χ1v) is 5.04. The van der Waals surface area contributed by atoms with Crippen molar-refractivity contribution in [1.29, 1.82) is 0 Å². The van der Waals surface area contributed by atoms with E-state index in [1.165, 1.54) is 19.3 Å². The minimum Gasteiger partial charge on any atom is -0.432 e. The maximum atomic E-state index is 11.6. The van der Waals surface area contributed by atoms with Crippen LogP contribution >= 0.6 is 0 Å². The van der Waals surface area contributed by atoms with Gasteiger partial charge in [0.1, 0.15) is 0 Å². The first-order valence-electron chi connectivity index (χ1n) is 5.04. The fraction of sp³-hybridized carbons (Fsp3) is 0.727. The van der Waals surface area contributed by atoms with Gasteiger partial charge in [0.05, 0.1) is 11.7 Å². The quantitative estimate of drug-likeness (QED) is 0.482. The summed E-state index contributed by atoms with van der Waals surface area (Å²) in [5, 5.41) is 0. The van der Waals surface area contributed by atoms with Crippen molar-refractivity contribution in [3.05, 3.63) is 12.3 Å². The van der Waals surface area contributed by atoms with E-state index < -0.39 is 0 Å². The van der Waals surface area contributed by atoms with Crippen molar-refractivity contribution < 1.29 is 9.53 Å². The summed E-state index contributed by atoms with van der Waals surface area (Å²) in [6.07, 6.45) is 4.84. The van der Waals surface area contributed by atoms with Crippen LogP contribution in [0.4, 0.5) is 0 Å². The molecule has 0 amide bonds. The number of hydrogen-bond donors (Lipinski definition) is 0. The monoisotopic (exact) mass is 180 g/mol. The summed E-state index contributed by atoms with van der Waals surface area (Å²) < 4.78 is 5.05. The summed E-state index contributed by atoms with van der Waals surface area (Å²) in [5.74, 6) is 2.06. The zero-order chi connectivity index (χ0) is 9.42. The highest BCUT2D eigenvalue weighted by molar-refractivity contribution is 5.74. The van der Waals surface area contributed by atoms with E-state index in [1.54, 1.807) is 6.92 Å². The molecule has 0 aromatic rings. The molecule has 72 valence electrons. The van der Waals surface area contributed by atoms with Gasteiger partial charge in [-0.3, -0.25) is 4.79 Å². The van der Waals surface area contributed by atoms with Crippen LogP contribution in [0.1, 0.15) is 32.6 Å². The first kappa shape index (κ1) is 8.79. The molecule has 2 heteroatoms. The molecule has 3 unspecified atom stereocenters. The lowest BCUT2D eigenvalue weighted by Crippen LogP contribution is -2.22. The third-order valence-corrected chi connectivity index (χ3v) is 3.32. The molecule has 3 atom stereocenters. The van der Waals surface area contributed by atoms with Gasteiger partial charge >= 0.3 is 5.97 Å². The molecule has 0 aliphatic heterocycles.